The van der Waals surface area contributed by atoms with E-state index in [0.717, 1.165) is 12.8 Å². The predicted molar refractivity (Wildman–Crippen MR) is 121 cm³/mol. The zero-order chi connectivity index (χ0) is 24.0. The van der Waals surface area contributed by atoms with Gasteiger partial charge >= 0.3 is 5.97 Å². The maximum Gasteiger partial charge on any atom is 0.306 e. The number of halogens is 1. The molecule has 0 bridgehead atoms. The highest BCUT2D eigenvalue weighted by Crippen LogP contribution is 2.48. The summed E-state index contributed by atoms with van der Waals surface area (Å²) in [6, 6.07) is 3.21. The fourth-order valence-corrected chi connectivity index (χ4v) is 4.23. The third-order valence-electron chi connectivity index (χ3n) is 6.32. The van der Waals surface area contributed by atoms with Crippen LogP contribution in [0.15, 0.2) is 12.1 Å². The number of hydrogen-bond donors (Lipinski definition) is 1. The zero-order valence-corrected chi connectivity index (χ0v) is 20.2. The van der Waals surface area contributed by atoms with Crippen molar-refractivity contribution in [3.05, 3.63) is 29.1 Å². The zero-order valence-electron chi connectivity index (χ0n) is 20.2. The van der Waals surface area contributed by atoms with Crippen LogP contribution in [0.1, 0.15) is 84.8 Å². The molecule has 0 spiro atoms. The van der Waals surface area contributed by atoms with Gasteiger partial charge in [-0.15, -0.1) is 0 Å². The normalized spacial score (nSPS) is 19.4. The van der Waals surface area contributed by atoms with Crippen molar-refractivity contribution in [1.82, 2.24) is 5.32 Å². The van der Waals surface area contributed by atoms with Gasteiger partial charge in [-0.05, 0) is 77.8 Å². The topological polar surface area (TPSA) is 75.7 Å². The molecule has 1 aliphatic carbocycles. The van der Waals surface area contributed by atoms with E-state index in [4.69, 9.17) is 4.74 Å². The fraction of sp³-hybridized carbons (Fsp3) is 0.640. The summed E-state index contributed by atoms with van der Waals surface area (Å²) in [6.45, 7) is 12.3. The van der Waals surface area contributed by atoms with Gasteiger partial charge < -0.3 is 15.0 Å². The summed E-state index contributed by atoms with van der Waals surface area (Å²) in [4.78, 5) is 39.3. The van der Waals surface area contributed by atoms with Crippen molar-refractivity contribution in [2.75, 3.05) is 11.4 Å². The number of carbonyl (C=O) groups is 3. The number of amides is 2. The smallest absolute Gasteiger partial charge is 0.306 e. The Morgan fingerprint density at radius 2 is 1.88 bits per heavy atom. The molecule has 1 N–H and O–H groups in total. The lowest BCUT2D eigenvalue weighted by Crippen LogP contribution is -2.46. The van der Waals surface area contributed by atoms with Gasteiger partial charge in [0.25, 0.3) is 0 Å². The summed E-state index contributed by atoms with van der Waals surface area (Å²) >= 11 is 0. The first kappa shape index (κ1) is 24.2. The second-order valence-corrected chi connectivity index (χ2v) is 10.8. The van der Waals surface area contributed by atoms with Crippen LogP contribution in [0, 0.1) is 11.7 Å². The minimum atomic E-state index is -1.03. The summed E-state index contributed by atoms with van der Waals surface area (Å²) in [7, 11) is 0. The molecular formula is C25H35FN2O4. The summed E-state index contributed by atoms with van der Waals surface area (Å²) in [6.07, 6.45) is 2.11. The van der Waals surface area contributed by atoms with Crippen LogP contribution < -0.4 is 10.2 Å². The van der Waals surface area contributed by atoms with Crippen LogP contribution in [0.4, 0.5) is 10.1 Å². The Balaban J connectivity index is 1.67. The van der Waals surface area contributed by atoms with E-state index >= 15 is 4.39 Å². The second-order valence-electron chi connectivity index (χ2n) is 10.8. The van der Waals surface area contributed by atoms with Crippen LogP contribution in [0.25, 0.3) is 0 Å². The third kappa shape index (κ3) is 4.97. The average molecular weight is 447 g/mol. The number of nitrogens with one attached hydrogen (secondary N) is 1. The van der Waals surface area contributed by atoms with Crippen LogP contribution >= 0.6 is 0 Å². The van der Waals surface area contributed by atoms with E-state index < -0.39 is 11.0 Å². The molecule has 1 fully saturated rings. The van der Waals surface area contributed by atoms with Crippen molar-refractivity contribution in [2.45, 2.75) is 90.7 Å². The van der Waals surface area contributed by atoms with Gasteiger partial charge in [-0.25, -0.2) is 4.39 Å². The lowest BCUT2D eigenvalue weighted by Gasteiger charge is -2.25. The van der Waals surface area contributed by atoms with Crippen molar-refractivity contribution in [2.24, 2.45) is 5.92 Å². The molecule has 7 heteroatoms. The number of carbonyl (C=O) groups excluding carboxylic acids is 3. The predicted octanol–water partition coefficient (Wildman–Crippen LogP) is 4.20. The first-order valence-electron chi connectivity index (χ1n) is 11.4. The van der Waals surface area contributed by atoms with Crippen molar-refractivity contribution in [1.29, 1.82) is 0 Å². The standard InChI is InChI=1S/C25H35FN2O4/c1-14(12-20(30)32-24(3,4)5)15(2)27-19(29)13-28-18-11-10-17(16-8-9-16)22(26)21(18)25(6,7)23(28)31/h10-11,14-16H,8-9,12-13H2,1-7H3,(H,27,29). The Labute approximate surface area is 189 Å². The Morgan fingerprint density at radius 3 is 2.44 bits per heavy atom. The molecule has 1 aliphatic heterocycles. The molecule has 0 radical (unpaired) electrons. The summed E-state index contributed by atoms with van der Waals surface area (Å²) in [5, 5.41) is 2.87. The van der Waals surface area contributed by atoms with Crippen LogP contribution in [-0.2, 0) is 24.5 Å². The van der Waals surface area contributed by atoms with Crippen LogP contribution in [0.2, 0.25) is 0 Å². The van der Waals surface area contributed by atoms with Gasteiger partial charge in [0.15, 0.2) is 0 Å². The van der Waals surface area contributed by atoms with Gasteiger partial charge in [0, 0.05) is 11.6 Å². The molecule has 6 nitrogen and oxygen atoms in total. The molecule has 0 aromatic heterocycles. The van der Waals surface area contributed by atoms with Crippen molar-refractivity contribution in [3.63, 3.8) is 0 Å². The highest BCUT2D eigenvalue weighted by Gasteiger charge is 2.47. The SMILES string of the molecule is CC(CC(=O)OC(C)(C)C)C(C)NC(=O)CN1C(=O)C(C)(C)c2c1ccc(C1CC1)c2F. The maximum atomic E-state index is 15.3. The number of benzene rings is 1. The van der Waals surface area contributed by atoms with E-state index in [2.05, 4.69) is 5.32 Å². The Kier molecular flexibility index (Phi) is 6.42. The molecule has 176 valence electrons. The number of rotatable bonds is 7. The number of esters is 1. The lowest BCUT2D eigenvalue weighted by molar-refractivity contribution is -0.156. The van der Waals surface area contributed by atoms with Crippen LogP contribution in [0.5, 0.6) is 0 Å². The third-order valence-corrected chi connectivity index (χ3v) is 6.32. The average Bonchev–Trinajstić information content (AvgIpc) is 3.45. The van der Waals surface area contributed by atoms with Crippen molar-refractivity contribution in [3.8, 4) is 0 Å². The molecule has 2 unspecified atom stereocenters. The summed E-state index contributed by atoms with van der Waals surface area (Å²) < 4.78 is 20.6. The minimum Gasteiger partial charge on any atom is -0.460 e. The van der Waals surface area contributed by atoms with Gasteiger partial charge in [0.05, 0.1) is 17.5 Å². The first-order valence-corrected chi connectivity index (χ1v) is 11.4. The fourth-order valence-electron chi connectivity index (χ4n) is 4.23. The Morgan fingerprint density at radius 1 is 1.25 bits per heavy atom. The van der Waals surface area contributed by atoms with E-state index in [1.807, 2.05) is 34.6 Å². The molecular weight excluding hydrogens is 411 g/mol. The molecule has 1 aromatic carbocycles. The van der Waals surface area contributed by atoms with E-state index in [0.29, 0.717) is 16.8 Å². The molecule has 2 aliphatic rings. The maximum absolute atomic E-state index is 15.3. The molecule has 0 saturated heterocycles. The van der Waals surface area contributed by atoms with Gasteiger partial charge in [-0.1, -0.05) is 13.0 Å². The highest BCUT2D eigenvalue weighted by atomic mass is 19.1. The van der Waals surface area contributed by atoms with E-state index in [-0.39, 0.29) is 54.4 Å². The highest BCUT2D eigenvalue weighted by molar-refractivity contribution is 6.10. The summed E-state index contributed by atoms with van der Waals surface area (Å²) in [5.41, 5.74) is -0.0767. The number of hydrogen-bond acceptors (Lipinski definition) is 4. The molecule has 3 rings (SSSR count). The number of fused-ring (bicyclic) bond motifs is 1. The van der Waals surface area contributed by atoms with Crippen molar-refractivity contribution >= 4 is 23.5 Å². The monoisotopic (exact) mass is 446 g/mol. The van der Waals surface area contributed by atoms with Crippen LogP contribution in [-0.4, -0.2) is 36.0 Å². The largest absolute Gasteiger partial charge is 0.460 e. The molecule has 2 amide bonds. The lowest BCUT2D eigenvalue weighted by atomic mass is 9.84. The molecule has 1 saturated carbocycles. The minimum absolute atomic E-state index is 0.148. The van der Waals surface area contributed by atoms with E-state index in [9.17, 15) is 14.4 Å². The molecule has 1 aromatic rings. The summed E-state index contributed by atoms with van der Waals surface area (Å²) in [5.74, 6) is -1.19. The molecule has 1 heterocycles. The van der Waals surface area contributed by atoms with E-state index in [1.54, 1.807) is 26.0 Å². The molecule has 2 atom stereocenters. The Hall–Kier alpha value is -2.44. The first-order chi connectivity index (χ1) is 14.7. The van der Waals surface area contributed by atoms with Gasteiger partial charge in [-0.2, -0.15) is 0 Å². The van der Waals surface area contributed by atoms with Gasteiger partial charge in [0.2, 0.25) is 11.8 Å². The number of nitrogens with zero attached hydrogens (tertiary/aromatic N) is 1. The molecule has 32 heavy (non-hydrogen) atoms. The number of anilines is 1. The quantitative estimate of drug-likeness (QED) is 0.637. The Bertz CT molecular complexity index is 931. The van der Waals surface area contributed by atoms with Crippen LogP contribution in [0.3, 0.4) is 0 Å². The van der Waals surface area contributed by atoms with Gasteiger partial charge in [-0.3, -0.25) is 14.4 Å². The van der Waals surface area contributed by atoms with Gasteiger partial charge in [0.1, 0.15) is 18.0 Å². The van der Waals surface area contributed by atoms with E-state index in [1.165, 1.54) is 4.90 Å². The van der Waals surface area contributed by atoms with Crippen molar-refractivity contribution < 1.29 is 23.5 Å². The second kappa shape index (κ2) is 8.49. The number of ether oxygens (including phenoxy) is 1.